The molecule has 0 bridgehead atoms. The van der Waals surface area contributed by atoms with Gasteiger partial charge in [-0.25, -0.2) is 0 Å². The zero-order valence-corrected chi connectivity index (χ0v) is 90.5. The minimum Gasteiger partial charge on any atom is -0.359 e. The number of nitrogens with zero attached hydrogens (tertiary/aromatic N) is 20. The van der Waals surface area contributed by atoms with E-state index in [0.717, 1.165) is 0 Å². The molecule has 0 spiro atoms. The van der Waals surface area contributed by atoms with Crippen molar-refractivity contribution in [1.82, 2.24) is 49.0 Å². The summed E-state index contributed by atoms with van der Waals surface area (Å²) in [5.41, 5.74) is 38.6. The summed E-state index contributed by atoms with van der Waals surface area (Å²) in [5, 5.41) is 2.59. The highest BCUT2D eigenvalue weighted by molar-refractivity contribution is 6.01. The van der Waals surface area contributed by atoms with E-state index < -0.39 is 0 Å². The van der Waals surface area contributed by atoms with Crippen molar-refractivity contribution in [2.75, 3.05) is 119 Å². The lowest BCUT2D eigenvalue weighted by molar-refractivity contribution is 0.380. The van der Waals surface area contributed by atoms with Crippen LogP contribution in [-0.2, 0) is 5.41 Å². The first kappa shape index (κ1) is 99.6. The summed E-state index contributed by atoms with van der Waals surface area (Å²) < 4.78 is 0. The van der Waals surface area contributed by atoms with Crippen molar-refractivity contribution in [1.29, 1.82) is 0 Å². The van der Waals surface area contributed by atoms with Crippen LogP contribution >= 0.6 is 0 Å². The van der Waals surface area contributed by atoms with Gasteiger partial charge in [0.05, 0.1) is 22.7 Å². The first-order valence-corrected chi connectivity index (χ1v) is 50.7. The standard InChI is InChI=1S/C29H40N4.C26H32N4.C25H32N4.C21H26N4.C19H28N4/c1-19(2)25-11-10-12-26(20(3)4)29(25)24-17-27(32-15-13-30(8)22(32)6)21(5)28(18-24)33-16-14-31(9)23(33)7;1-17-23(29-14-12-27(6)18(29)2)16-21-20-10-8-9-11-22(20)26(4,5)24(21)25(17)30-15-13-28(7)19(30)3;1-17-9-8-10-18(2)25(17)22-15-23(28-13-11-26(6)20(28)4)19(3)24(16-22)29-14-12-27(7)21(29)5;1-15-20(24-12-10-22(4)16(24)2)14-18-8-6-7-9-19(18)21(15)25-13-11-23(5)17(25)3;1-13-12-14(2)19(23-11-9-21(7)17(23)5)15(3)18(13)22-10-8-20(6)16(22)4/h10-20,22-23H,1-9H3;8-16,18-19H,1-7H3;8-16,20-21H,1-7H3;6-14,16-17H,1-5H3;8-12,16-17H,1-7H3/t22-,23+;18-,19+;20-,21+;2*16-,17+/m.1.1./s1. The highest BCUT2D eigenvalue weighted by Gasteiger charge is 2.44. The Bertz CT molecular complexity index is 6270. The van der Waals surface area contributed by atoms with Gasteiger partial charge in [-0.05, 0) is 291 Å². The molecule has 0 radical (unpaired) electrons. The highest BCUT2D eigenvalue weighted by atomic mass is 15.4. The molecule has 0 amide bonds. The molecule has 0 saturated carbocycles. The molecule has 10 atom stereocenters. The van der Waals surface area contributed by atoms with Crippen molar-refractivity contribution in [2.24, 2.45) is 0 Å². The van der Waals surface area contributed by atoms with E-state index in [1.807, 2.05) is 0 Å². The maximum atomic E-state index is 2.46. The molecule has 738 valence electrons. The third-order valence-corrected chi connectivity index (χ3v) is 32.6. The molecule has 0 N–H and O–H groups in total. The van der Waals surface area contributed by atoms with Gasteiger partial charge >= 0.3 is 0 Å². The van der Waals surface area contributed by atoms with Gasteiger partial charge in [-0.2, -0.15) is 0 Å². The van der Waals surface area contributed by atoms with Gasteiger partial charge < -0.3 is 98.0 Å². The van der Waals surface area contributed by atoms with Crippen LogP contribution in [0.3, 0.4) is 0 Å². The normalized spacial score (nSPS) is 22.1. The van der Waals surface area contributed by atoms with Crippen LogP contribution in [0.25, 0.3) is 44.2 Å². The summed E-state index contributed by atoms with van der Waals surface area (Å²) in [4.78, 5) is 46.5. The van der Waals surface area contributed by atoms with Crippen LogP contribution in [0.4, 0.5) is 56.9 Å². The second kappa shape index (κ2) is 39.4. The van der Waals surface area contributed by atoms with Gasteiger partial charge in [-0.3, -0.25) is 0 Å². The van der Waals surface area contributed by atoms with E-state index in [1.54, 1.807) is 0 Å². The van der Waals surface area contributed by atoms with E-state index in [2.05, 4.69) is 593 Å². The second-order valence-electron chi connectivity index (χ2n) is 42.1. The minimum absolute atomic E-state index is 0.0392. The molecule has 1 aliphatic carbocycles. The number of anilines is 10. The molecule has 9 aromatic carbocycles. The zero-order chi connectivity index (χ0) is 101. The summed E-state index contributed by atoms with van der Waals surface area (Å²) in [6.07, 6.45) is 46.7. The van der Waals surface area contributed by atoms with Crippen molar-refractivity contribution < 1.29 is 0 Å². The molecule has 0 saturated heterocycles. The lowest BCUT2D eigenvalue weighted by atomic mass is 9.80. The summed E-state index contributed by atoms with van der Waals surface area (Å²) >= 11 is 0. The number of fused-ring (bicyclic) bond motifs is 4. The van der Waals surface area contributed by atoms with Crippen molar-refractivity contribution >= 4 is 67.6 Å². The van der Waals surface area contributed by atoms with Crippen LogP contribution in [0.2, 0.25) is 0 Å². The van der Waals surface area contributed by atoms with Gasteiger partial charge in [-0.15, -0.1) is 0 Å². The van der Waals surface area contributed by atoms with Crippen LogP contribution in [0.15, 0.2) is 251 Å². The summed E-state index contributed by atoms with van der Waals surface area (Å²) in [6.45, 7) is 56.6. The smallest absolute Gasteiger partial charge is 0.102 e. The largest absolute Gasteiger partial charge is 0.359 e. The van der Waals surface area contributed by atoms with Crippen molar-refractivity contribution in [2.45, 2.75) is 252 Å². The Morgan fingerprint density at radius 1 is 0.236 bits per heavy atom. The Labute approximate surface area is 840 Å². The first-order valence-electron chi connectivity index (χ1n) is 50.7. The van der Waals surface area contributed by atoms with Crippen molar-refractivity contribution in [3.63, 3.8) is 0 Å². The Hall–Kier alpha value is -13.4. The fraction of sp³-hybridized carbons (Fsp3) is 0.400. The molecule has 20 nitrogen and oxygen atoms in total. The number of benzene rings is 9. The molecular formula is C120H158N20. The monoisotopic (exact) mass is 1880 g/mol. The zero-order valence-electron chi connectivity index (χ0n) is 90.5. The number of hydrogen-bond donors (Lipinski definition) is 0. The van der Waals surface area contributed by atoms with E-state index >= 15 is 0 Å². The van der Waals surface area contributed by atoms with E-state index in [4.69, 9.17) is 0 Å². The molecule has 11 aliphatic rings. The second-order valence-corrected chi connectivity index (χ2v) is 42.1. The van der Waals surface area contributed by atoms with Gasteiger partial charge in [0.25, 0.3) is 0 Å². The average molecular weight is 1880 g/mol. The van der Waals surface area contributed by atoms with Gasteiger partial charge in [-0.1, -0.05) is 133 Å². The minimum atomic E-state index is -0.0392. The van der Waals surface area contributed by atoms with Crippen LogP contribution in [-0.4, -0.2) is 181 Å². The fourth-order valence-electron chi connectivity index (χ4n) is 22.4. The molecular weight excluding hydrogens is 1720 g/mol. The van der Waals surface area contributed by atoms with Crippen LogP contribution in [0.1, 0.15) is 195 Å². The van der Waals surface area contributed by atoms with Gasteiger partial charge in [0.2, 0.25) is 0 Å². The lowest BCUT2D eigenvalue weighted by Gasteiger charge is -2.36. The van der Waals surface area contributed by atoms with E-state index in [-0.39, 0.29) is 23.9 Å². The number of rotatable bonds is 14. The maximum Gasteiger partial charge on any atom is 0.102 e. The predicted molar refractivity (Wildman–Crippen MR) is 597 cm³/mol. The molecule has 9 aromatic rings. The predicted octanol–water partition coefficient (Wildman–Crippen LogP) is 25.9. The number of hydrogen-bond acceptors (Lipinski definition) is 20. The van der Waals surface area contributed by atoms with Crippen molar-refractivity contribution in [3.05, 3.63) is 324 Å². The van der Waals surface area contributed by atoms with E-state index in [9.17, 15) is 0 Å². The summed E-state index contributed by atoms with van der Waals surface area (Å²) in [5.74, 6) is 0.917. The summed E-state index contributed by atoms with van der Waals surface area (Å²) in [6, 6.07) is 47.7. The Morgan fingerprint density at radius 2 is 0.514 bits per heavy atom. The van der Waals surface area contributed by atoms with Crippen molar-refractivity contribution in [3.8, 4) is 33.4 Å². The van der Waals surface area contributed by atoms with Gasteiger partial charge in [0.1, 0.15) is 61.7 Å². The topological polar surface area (TPSA) is 64.8 Å². The van der Waals surface area contributed by atoms with E-state index in [0.29, 0.717) is 55.0 Å². The van der Waals surface area contributed by atoms with Crippen LogP contribution in [0.5, 0.6) is 0 Å². The van der Waals surface area contributed by atoms with Gasteiger partial charge in [0.15, 0.2) is 0 Å². The molecule has 10 aliphatic heterocycles. The third-order valence-electron chi connectivity index (χ3n) is 32.6. The Kier molecular flexibility index (Phi) is 28.0. The average Bonchev–Trinajstić information content (AvgIpc) is 1.54. The SMILES string of the molecule is Cc1c(N2C=CN(C)[C@H]2C)cc(-c2c(C(C)C)cccc2C(C)C)cc1N1C=CN(C)[C@@H]1C.Cc1c(N2C=CN(C)[C@H]2C)cc2c(c1N1C=CN(C)[C@@H]1C)C(C)(C)c1ccccc1-2.Cc1c(N2C=CN(C)[C@H]2C)cc2ccccc2c1N1C=CN(C)[C@@H]1C.Cc1cc(C)c(N2C=CN(C)[C@@H]2C)c(C)c1N1C=CN(C)[C@H]1C.Cc1cccc(C)c1-c1cc(N2C=CN(C)[C@H]2C)c(C)c(N2C=CN(C)[C@@H]2C)c1. The van der Waals surface area contributed by atoms with Gasteiger partial charge in [0, 0.05) is 239 Å². The lowest BCUT2D eigenvalue weighted by Crippen LogP contribution is -2.37. The number of aryl methyl sites for hydroxylation is 4. The fourth-order valence-corrected chi connectivity index (χ4v) is 22.4. The molecule has 10 heterocycles. The highest BCUT2D eigenvalue weighted by Crippen LogP contribution is 2.57. The van der Waals surface area contributed by atoms with Crippen LogP contribution in [0, 0.1) is 62.3 Å². The molecule has 0 unspecified atom stereocenters. The third kappa shape index (κ3) is 17.9. The summed E-state index contributed by atoms with van der Waals surface area (Å²) in [7, 11) is 21.4. The van der Waals surface area contributed by atoms with Crippen LogP contribution < -0.4 is 49.0 Å². The molecule has 0 fully saturated rings. The van der Waals surface area contributed by atoms with E-state index in [1.165, 1.54) is 173 Å². The first-order chi connectivity index (χ1) is 66.4. The molecule has 20 rings (SSSR count). The molecule has 20 heteroatoms. The maximum absolute atomic E-state index is 2.46. The quantitative estimate of drug-likeness (QED) is 0.104. The molecule has 0 aromatic heterocycles. The Morgan fingerprint density at radius 3 is 0.850 bits per heavy atom. The Balaban J connectivity index is 0.000000127. The molecule has 140 heavy (non-hydrogen) atoms.